The minimum Gasteiger partial charge on any atom is -0.331 e. The van der Waals surface area contributed by atoms with Crippen LogP contribution in [0.25, 0.3) is 0 Å². The van der Waals surface area contributed by atoms with E-state index < -0.39 is 0 Å². The molecular formula is C8H11Cl2N. The highest BCUT2D eigenvalue weighted by atomic mass is 35.5. The van der Waals surface area contributed by atoms with E-state index in [2.05, 4.69) is 0 Å². The zero-order valence-electron chi connectivity index (χ0n) is 6.35. The molecule has 1 aromatic carbocycles. The van der Waals surface area contributed by atoms with Crippen molar-refractivity contribution in [3.8, 4) is 0 Å². The molecule has 0 aliphatic carbocycles. The van der Waals surface area contributed by atoms with Crippen LogP contribution in [0.1, 0.15) is 6.92 Å². The Morgan fingerprint density at radius 1 is 1.27 bits per heavy atom. The average Bonchev–Trinajstić information content (AvgIpc) is 1.88. The maximum absolute atomic E-state index is 5.56. The number of halogens is 2. The van der Waals surface area contributed by atoms with Crippen LogP contribution in [0.2, 0.25) is 10.0 Å². The third-order valence-electron chi connectivity index (χ3n) is 0.787. The summed E-state index contributed by atoms with van der Waals surface area (Å²) in [6, 6.07) is 7.08. The van der Waals surface area contributed by atoms with Gasteiger partial charge in [0.05, 0.1) is 0 Å². The second-order valence-electron chi connectivity index (χ2n) is 1.85. The van der Waals surface area contributed by atoms with Crippen LogP contribution in [-0.2, 0) is 0 Å². The molecular weight excluding hydrogens is 181 g/mol. The average molecular weight is 192 g/mol. The summed E-state index contributed by atoms with van der Waals surface area (Å²) in [6.07, 6.45) is 0. The molecule has 0 heterocycles. The first-order chi connectivity index (χ1) is 5.20. The van der Waals surface area contributed by atoms with Crippen LogP contribution in [0.3, 0.4) is 0 Å². The smallest absolute Gasteiger partial charge is 0.0420 e. The van der Waals surface area contributed by atoms with Crippen molar-refractivity contribution in [1.82, 2.24) is 0 Å². The molecule has 11 heavy (non-hydrogen) atoms. The first-order valence-electron chi connectivity index (χ1n) is 3.31. The lowest BCUT2D eigenvalue weighted by atomic mass is 10.4. The predicted octanol–water partition coefficient (Wildman–Crippen LogP) is 2.96. The van der Waals surface area contributed by atoms with E-state index in [4.69, 9.17) is 28.9 Å². The Balaban J connectivity index is 0.000000292. The molecule has 0 unspecified atom stereocenters. The summed E-state index contributed by atoms with van der Waals surface area (Å²) in [7, 11) is 0. The van der Waals surface area contributed by atoms with Gasteiger partial charge in [-0.15, -0.1) is 0 Å². The van der Waals surface area contributed by atoms with Crippen molar-refractivity contribution in [2.75, 3.05) is 6.54 Å². The molecule has 62 valence electrons. The van der Waals surface area contributed by atoms with E-state index in [1.165, 1.54) is 0 Å². The highest BCUT2D eigenvalue weighted by Crippen LogP contribution is 2.13. The molecule has 0 aliphatic rings. The molecule has 0 atom stereocenters. The van der Waals surface area contributed by atoms with E-state index in [0.29, 0.717) is 10.0 Å². The molecule has 2 N–H and O–H groups in total. The Morgan fingerprint density at radius 3 is 1.82 bits per heavy atom. The molecule has 0 aromatic heterocycles. The summed E-state index contributed by atoms with van der Waals surface area (Å²) >= 11 is 11.1. The highest BCUT2D eigenvalue weighted by molar-refractivity contribution is 6.34. The van der Waals surface area contributed by atoms with Gasteiger partial charge < -0.3 is 5.73 Å². The van der Waals surface area contributed by atoms with Crippen LogP contribution in [0.5, 0.6) is 0 Å². The third kappa shape index (κ3) is 6.17. The lowest BCUT2D eigenvalue weighted by molar-refractivity contribution is 1.14. The van der Waals surface area contributed by atoms with Crippen LogP contribution < -0.4 is 5.73 Å². The van der Waals surface area contributed by atoms with Crippen LogP contribution in [-0.4, -0.2) is 6.54 Å². The Hall–Kier alpha value is -0.240. The fourth-order valence-electron chi connectivity index (χ4n) is 0.460. The molecule has 0 bridgehead atoms. The van der Waals surface area contributed by atoms with E-state index >= 15 is 0 Å². The van der Waals surface area contributed by atoms with Gasteiger partial charge in [-0.2, -0.15) is 0 Å². The first-order valence-corrected chi connectivity index (χ1v) is 4.07. The minimum absolute atomic E-state index is 0.678. The van der Waals surface area contributed by atoms with E-state index in [1.807, 2.05) is 13.0 Å². The van der Waals surface area contributed by atoms with Crippen LogP contribution in [0.4, 0.5) is 0 Å². The molecule has 0 radical (unpaired) electrons. The normalized spacial score (nSPS) is 8.36. The van der Waals surface area contributed by atoms with Crippen molar-refractivity contribution in [1.29, 1.82) is 0 Å². The van der Waals surface area contributed by atoms with Gasteiger partial charge in [-0.1, -0.05) is 36.2 Å². The van der Waals surface area contributed by atoms with E-state index in [0.717, 1.165) is 6.54 Å². The topological polar surface area (TPSA) is 26.0 Å². The van der Waals surface area contributed by atoms with Crippen molar-refractivity contribution < 1.29 is 0 Å². The van der Waals surface area contributed by atoms with Gasteiger partial charge >= 0.3 is 0 Å². The Kier molecular flexibility index (Phi) is 6.33. The van der Waals surface area contributed by atoms with Gasteiger partial charge in [0.1, 0.15) is 0 Å². The van der Waals surface area contributed by atoms with E-state index in [9.17, 15) is 0 Å². The van der Waals surface area contributed by atoms with Gasteiger partial charge in [0.15, 0.2) is 0 Å². The number of rotatable bonds is 0. The van der Waals surface area contributed by atoms with Gasteiger partial charge in [0.2, 0.25) is 0 Å². The third-order valence-corrected chi connectivity index (χ3v) is 1.26. The highest BCUT2D eigenvalue weighted by Gasteiger charge is 1.84. The molecule has 0 fully saturated rings. The number of hydrogen-bond acceptors (Lipinski definition) is 1. The number of benzene rings is 1. The molecule has 1 nitrogen and oxygen atoms in total. The van der Waals surface area contributed by atoms with E-state index in [1.54, 1.807) is 18.2 Å². The molecule has 0 saturated carbocycles. The van der Waals surface area contributed by atoms with Crippen molar-refractivity contribution in [3.63, 3.8) is 0 Å². The number of nitrogens with two attached hydrogens (primary N) is 1. The molecule has 1 aromatic rings. The van der Waals surface area contributed by atoms with Gasteiger partial charge in [-0.05, 0) is 24.7 Å². The van der Waals surface area contributed by atoms with Crippen molar-refractivity contribution >= 4 is 23.2 Å². The summed E-state index contributed by atoms with van der Waals surface area (Å²) < 4.78 is 0. The second kappa shape index (κ2) is 6.47. The Bertz CT molecular complexity index is 184. The molecule has 3 heteroatoms. The maximum Gasteiger partial charge on any atom is 0.0420 e. The summed E-state index contributed by atoms with van der Waals surface area (Å²) in [4.78, 5) is 0. The molecule has 0 spiro atoms. The largest absolute Gasteiger partial charge is 0.331 e. The zero-order valence-corrected chi connectivity index (χ0v) is 7.86. The van der Waals surface area contributed by atoms with Crippen molar-refractivity contribution in [2.45, 2.75) is 6.92 Å². The standard InChI is InChI=1S/C6H4Cl2.C2H7N/c7-5-2-1-3-6(8)4-5;1-2-3/h1-4H;2-3H2,1H3. The first kappa shape index (κ1) is 10.8. The van der Waals surface area contributed by atoms with Crippen molar-refractivity contribution in [2.24, 2.45) is 5.73 Å². The van der Waals surface area contributed by atoms with Crippen LogP contribution in [0.15, 0.2) is 24.3 Å². The Morgan fingerprint density at radius 2 is 1.64 bits per heavy atom. The summed E-state index contributed by atoms with van der Waals surface area (Å²) in [6.45, 7) is 2.65. The van der Waals surface area contributed by atoms with Gasteiger partial charge in [0.25, 0.3) is 0 Å². The molecule has 0 amide bonds. The predicted molar refractivity (Wildman–Crippen MR) is 51.2 cm³/mol. The van der Waals surface area contributed by atoms with E-state index in [-0.39, 0.29) is 0 Å². The summed E-state index contributed by atoms with van der Waals surface area (Å²) in [5.41, 5.74) is 4.85. The quantitative estimate of drug-likeness (QED) is 0.671. The van der Waals surface area contributed by atoms with Gasteiger partial charge in [-0.3, -0.25) is 0 Å². The molecule has 1 rings (SSSR count). The fourth-order valence-corrected chi connectivity index (χ4v) is 0.896. The SMILES string of the molecule is CCN.Clc1cccc(Cl)c1. The van der Waals surface area contributed by atoms with Gasteiger partial charge in [0, 0.05) is 10.0 Å². The Labute approximate surface area is 77.1 Å². The zero-order chi connectivity index (χ0) is 8.69. The van der Waals surface area contributed by atoms with Crippen LogP contribution in [0, 0.1) is 0 Å². The monoisotopic (exact) mass is 191 g/mol. The minimum atomic E-state index is 0.678. The number of hydrogen-bond donors (Lipinski definition) is 1. The lowest BCUT2D eigenvalue weighted by Crippen LogP contribution is -1.87. The fraction of sp³-hybridized carbons (Fsp3) is 0.250. The van der Waals surface area contributed by atoms with Gasteiger partial charge in [-0.25, -0.2) is 0 Å². The van der Waals surface area contributed by atoms with Crippen LogP contribution >= 0.6 is 23.2 Å². The van der Waals surface area contributed by atoms with Crippen molar-refractivity contribution in [3.05, 3.63) is 34.3 Å². The second-order valence-corrected chi connectivity index (χ2v) is 2.72. The summed E-state index contributed by atoms with van der Waals surface area (Å²) in [5.74, 6) is 0. The maximum atomic E-state index is 5.56. The molecule has 0 aliphatic heterocycles. The lowest BCUT2D eigenvalue weighted by Gasteiger charge is -1.86. The molecule has 0 saturated heterocycles. The summed E-state index contributed by atoms with van der Waals surface area (Å²) in [5, 5.41) is 1.36.